The molecule has 0 amide bonds. The monoisotopic (exact) mass is 592 g/mol. The van der Waals surface area contributed by atoms with E-state index in [9.17, 15) is 0 Å². The van der Waals surface area contributed by atoms with Gasteiger partial charge in [-0.3, -0.25) is 0 Å². The van der Waals surface area contributed by atoms with E-state index in [2.05, 4.69) is 97.9 Å². The van der Waals surface area contributed by atoms with Crippen LogP contribution in [0.1, 0.15) is 126 Å². The van der Waals surface area contributed by atoms with Gasteiger partial charge >= 0.3 is 0 Å². The van der Waals surface area contributed by atoms with Crippen LogP contribution in [0.5, 0.6) is 0 Å². The highest BCUT2D eigenvalue weighted by atomic mass is 35.5. The standard InChI is InChI=1S/C39H58P.ClH/c1-2-3-4-5-6-7-8-9-10-11-12-13-14-15-16-26-33-40(34-37-27-20-17-21-28-37,35-38-29-22-18-23-30-38)36-39-31-24-19-25-32-39;/h17-25,27-32H,2-16,26,33-36H2,1H3;1H/q+1;/p-1. The van der Waals surface area contributed by atoms with Crippen molar-refractivity contribution in [3.8, 4) is 0 Å². The minimum Gasteiger partial charge on any atom is -1.00 e. The fourth-order valence-electron chi connectivity index (χ4n) is 6.31. The van der Waals surface area contributed by atoms with Crippen molar-refractivity contribution in [1.29, 1.82) is 0 Å². The Hall–Kier alpha value is -1.62. The quantitative estimate of drug-likeness (QED) is 0.0759. The minimum absolute atomic E-state index is 0. The summed E-state index contributed by atoms with van der Waals surface area (Å²) in [5.41, 5.74) is 4.58. The Morgan fingerprint density at radius 3 is 0.927 bits per heavy atom. The summed E-state index contributed by atoms with van der Waals surface area (Å²) < 4.78 is 0. The lowest BCUT2D eigenvalue weighted by Gasteiger charge is -2.29. The van der Waals surface area contributed by atoms with Crippen LogP contribution in [0.3, 0.4) is 0 Å². The van der Waals surface area contributed by atoms with Crippen LogP contribution in [-0.4, -0.2) is 6.16 Å². The van der Waals surface area contributed by atoms with E-state index in [4.69, 9.17) is 0 Å². The molecular weight excluding hydrogens is 535 g/mol. The van der Waals surface area contributed by atoms with Crippen LogP contribution in [-0.2, 0) is 18.5 Å². The number of benzene rings is 3. The number of hydrogen-bond donors (Lipinski definition) is 0. The number of unbranched alkanes of at least 4 members (excludes halogenated alkanes) is 15. The van der Waals surface area contributed by atoms with E-state index < -0.39 is 7.26 Å². The zero-order valence-electron chi connectivity index (χ0n) is 26.1. The lowest BCUT2D eigenvalue weighted by atomic mass is 10.0. The topological polar surface area (TPSA) is 0 Å². The lowest BCUT2D eigenvalue weighted by molar-refractivity contribution is -0.00000859. The SMILES string of the molecule is CCCCCCCCCCCCCCCCCC[P+](Cc1ccccc1)(Cc1ccccc1)Cc1ccccc1.[Cl-]. The molecule has 0 nitrogen and oxygen atoms in total. The van der Waals surface area contributed by atoms with Crippen LogP contribution in [0.25, 0.3) is 0 Å². The second-order valence-electron chi connectivity index (χ2n) is 12.3. The molecule has 3 aromatic rings. The molecule has 0 atom stereocenters. The number of rotatable bonds is 23. The molecule has 0 saturated carbocycles. The number of hydrogen-bond acceptors (Lipinski definition) is 0. The summed E-state index contributed by atoms with van der Waals surface area (Å²) in [6.07, 6.45) is 28.2. The van der Waals surface area contributed by atoms with Gasteiger partial charge in [0.25, 0.3) is 0 Å². The van der Waals surface area contributed by atoms with E-state index >= 15 is 0 Å². The molecule has 3 aromatic carbocycles. The van der Waals surface area contributed by atoms with Crippen LogP contribution in [0.2, 0.25) is 0 Å². The summed E-state index contributed by atoms with van der Waals surface area (Å²) >= 11 is 0. The first kappa shape index (κ1) is 35.6. The predicted octanol–water partition coefficient (Wildman–Crippen LogP) is 9.87. The van der Waals surface area contributed by atoms with E-state index in [-0.39, 0.29) is 12.4 Å². The van der Waals surface area contributed by atoms with E-state index in [0.29, 0.717) is 0 Å². The van der Waals surface area contributed by atoms with Crippen LogP contribution in [0.15, 0.2) is 91.0 Å². The van der Waals surface area contributed by atoms with Gasteiger partial charge in [0, 0.05) is 7.26 Å². The van der Waals surface area contributed by atoms with E-state index in [1.54, 1.807) is 0 Å². The van der Waals surface area contributed by atoms with Gasteiger partial charge in [0.15, 0.2) is 0 Å². The maximum atomic E-state index is 2.36. The molecule has 3 rings (SSSR count). The van der Waals surface area contributed by atoms with Crippen molar-refractivity contribution in [2.24, 2.45) is 0 Å². The first-order valence-electron chi connectivity index (χ1n) is 16.8. The molecule has 0 saturated heterocycles. The van der Waals surface area contributed by atoms with E-state index in [0.717, 1.165) is 0 Å². The van der Waals surface area contributed by atoms with Gasteiger partial charge in [-0.1, -0.05) is 188 Å². The molecule has 0 heterocycles. The largest absolute Gasteiger partial charge is 1.00 e. The van der Waals surface area contributed by atoms with E-state index in [1.165, 1.54) is 144 Å². The summed E-state index contributed by atoms with van der Waals surface area (Å²) in [5.74, 6) is 0. The molecular formula is C39H58ClP. The van der Waals surface area contributed by atoms with Gasteiger partial charge in [-0.2, -0.15) is 0 Å². The van der Waals surface area contributed by atoms with Crippen LogP contribution >= 0.6 is 7.26 Å². The molecule has 0 aliphatic heterocycles. The minimum atomic E-state index is -1.25. The maximum absolute atomic E-state index is 2.36. The van der Waals surface area contributed by atoms with Crippen molar-refractivity contribution in [1.82, 2.24) is 0 Å². The second kappa shape index (κ2) is 22.9. The lowest BCUT2D eigenvalue weighted by Crippen LogP contribution is -3.00. The van der Waals surface area contributed by atoms with Crippen molar-refractivity contribution in [2.75, 3.05) is 6.16 Å². The highest BCUT2D eigenvalue weighted by Gasteiger charge is 2.37. The Morgan fingerprint density at radius 2 is 0.634 bits per heavy atom. The summed E-state index contributed by atoms with van der Waals surface area (Å²) in [4.78, 5) is 0. The van der Waals surface area contributed by atoms with Gasteiger partial charge in [-0.25, -0.2) is 0 Å². The maximum Gasteiger partial charge on any atom is 0.0849 e. The Kier molecular flexibility index (Phi) is 19.9. The Labute approximate surface area is 260 Å². The molecule has 0 spiro atoms. The molecule has 0 aliphatic rings. The van der Waals surface area contributed by atoms with Crippen LogP contribution in [0.4, 0.5) is 0 Å². The third-order valence-corrected chi connectivity index (χ3v) is 12.9. The summed E-state index contributed by atoms with van der Waals surface area (Å²) in [6.45, 7) is 2.30. The van der Waals surface area contributed by atoms with Gasteiger partial charge in [0.05, 0.1) is 24.6 Å². The van der Waals surface area contributed by atoms with Gasteiger partial charge in [0.2, 0.25) is 0 Å². The fourth-order valence-corrected chi connectivity index (χ4v) is 11.0. The molecule has 226 valence electrons. The van der Waals surface area contributed by atoms with Crippen LogP contribution < -0.4 is 12.4 Å². The van der Waals surface area contributed by atoms with E-state index in [1.807, 2.05) is 0 Å². The molecule has 0 aliphatic carbocycles. The molecule has 0 fully saturated rings. The van der Waals surface area contributed by atoms with Gasteiger partial charge in [-0.15, -0.1) is 0 Å². The first-order chi connectivity index (χ1) is 19.8. The molecule has 0 bridgehead atoms. The normalized spacial score (nSPS) is 11.3. The number of halogens is 1. The average Bonchev–Trinajstić information content (AvgIpc) is 2.98. The third kappa shape index (κ3) is 16.0. The third-order valence-electron chi connectivity index (χ3n) is 8.57. The van der Waals surface area contributed by atoms with Crippen molar-refractivity contribution < 1.29 is 12.4 Å². The van der Waals surface area contributed by atoms with Crippen molar-refractivity contribution in [2.45, 2.75) is 128 Å². The Balaban J connectivity index is 0.00000588. The molecule has 0 aromatic heterocycles. The highest BCUT2D eigenvalue weighted by molar-refractivity contribution is 7.73. The average molecular weight is 593 g/mol. The highest BCUT2D eigenvalue weighted by Crippen LogP contribution is 2.67. The molecule has 2 heteroatoms. The van der Waals surface area contributed by atoms with Crippen molar-refractivity contribution in [3.63, 3.8) is 0 Å². The van der Waals surface area contributed by atoms with Crippen LogP contribution in [0, 0.1) is 0 Å². The molecule has 0 N–H and O–H groups in total. The van der Waals surface area contributed by atoms with Crippen molar-refractivity contribution >= 4 is 7.26 Å². The van der Waals surface area contributed by atoms with Gasteiger partial charge in [-0.05, 0) is 29.5 Å². The van der Waals surface area contributed by atoms with Crippen molar-refractivity contribution in [3.05, 3.63) is 108 Å². The zero-order chi connectivity index (χ0) is 28.0. The Bertz CT molecular complexity index is 871. The fraction of sp³-hybridized carbons (Fsp3) is 0.538. The summed E-state index contributed by atoms with van der Waals surface area (Å²) in [7, 11) is -1.25. The molecule has 0 unspecified atom stereocenters. The smallest absolute Gasteiger partial charge is 0.0849 e. The summed E-state index contributed by atoms with van der Waals surface area (Å²) in [5, 5.41) is 0. The molecule has 41 heavy (non-hydrogen) atoms. The summed E-state index contributed by atoms with van der Waals surface area (Å²) in [6, 6.07) is 34.0. The molecule has 0 radical (unpaired) electrons. The first-order valence-corrected chi connectivity index (χ1v) is 19.3. The van der Waals surface area contributed by atoms with Gasteiger partial charge in [0.1, 0.15) is 0 Å². The second-order valence-corrected chi connectivity index (χ2v) is 16.4. The van der Waals surface area contributed by atoms with Gasteiger partial charge < -0.3 is 12.4 Å². The Morgan fingerprint density at radius 1 is 0.366 bits per heavy atom. The predicted molar refractivity (Wildman–Crippen MR) is 182 cm³/mol. The zero-order valence-corrected chi connectivity index (χ0v) is 27.8.